The van der Waals surface area contributed by atoms with Gasteiger partial charge in [0.25, 0.3) is 5.91 Å². The number of rotatable bonds is 8. The summed E-state index contributed by atoms with van der Waals surface area (Å²) in [4.78, 5) is 33.2. The van der Waals surface area contributed by atoms with Crippen molar-refractivity contribution in [2.45, 2.75) is 45.1 Å². The van der Waals surface area contributed by atoms with E-state index in [2.05, 4.69) is 15.2 Å². The van der Waals surface area contributed by atoms with E-state index in [4.69, 9.17) is 9.15 Å². The number of hydrogen-bond acceptors (Lipinski definition) is 6. The average Bonchev–Trinajstić information content (AvgIpc) is 3.41. The van der Waals surface area contributed by atoms with Crippen LogP contribution < -0.4 is 5.32 Å². The number of aromatic nitrogens is 1. The van der Waals surface area contributed by atoms with Gasteiger partial charge in [-0.1, -0.05) is 6.92 Å². The molecule has 1 aliphatic carbocycles. The zero-order chi connectivity index (χ0) is 20.2. The Morgan fingerprint density at radius 3 is 2.69 bits per heavy atom. The largest absolute Gasteiger partial charge is 0.448 e. The molecule has 0 unspecified atom stereocenters. The first-order valence-corrected chi connectivity index (χ1v) is 10.9. The lowest BCUT2D eigenvalue weighted by atomic mass is 9.95. The molecule has 160 valence electrons. The Hall–Kier alpha value is -1.93. The predicted octanol–water partition coefficient (Wildman–Crippen LogP) is 1.32. The lowest BCUT2D eigenvalue weighted by Crippen LogP contribution is -2.52. The van der Waals surface area contributed by atoms with E-state index < -0.39 is 0 Å². The van der Waals surface area contributed by atoms with Gasteiger partial charge >= 0.3 is 0 Å². The molecule has 2 amide bonds. The van der Waals surface area contributed by atoms with Gasteiger partial charge in [-0.2, -0.15) is 0 Å². The summed E-state index contributed by atoms with van der Waals surface area (Å²) < 4.78 is 10.9. The third kappa shape index (κ3) is 5.36. The zero-order valence-electron chi connectivity index (χ0n) is 17.3. The molecular formula is C21H32N4O4. The molecule has 8 nitrogen and oxygen atoms in total. The van der Waals surface area contributed by atoms with E-state index in [1.807, 2.05) is 11.8 Å². The number of ether oxygens (including phenoxy) is 1. The first kappa shape index (κ1) is 20.3. The second-order valence-electron chi connectivity index (χ2n) is 8.61. The molecule has 8 heteroatoms. The van der Waals surface area contributed by atoms with Gasteiger partial charge in [0.05, 0.1) is 6.10 Å². The van der Waals surface area contributed by atoms with Crippen molar-refractivity contribution in [3.05, 3.63) is 17.8 Å². The molecule has 4 rings (SSSR count). The number of nitrogens with zero attached hydrogens (tertiary/aromatic N) is 3. The maximum absolute atomic E-state index is 12.3. The van der Waals surface area contributed by atoms with Crippen LogP contribution in [0.3, 0.4) is 0 Å². The second kappa shape index (κ2) is 9.26. The topological polar surface area (TPSA) is 87.9 Å². The van der Waals surface area contributed by atoms with Crippen molar-refractivity contribution in [1.29, 1.82) is 0 Å². The first-order chi connectivity index (χ1) is 14.1. The molecule has 0 radical (unpaired) electrons. The molecule has 1 N–H and O–H groups in total. The lowest BCUT2D eigenvalue weighted by molar-refractivity contribution is -0.149. The fraction of sp³-hybridized carbons (Fsp3) is 0.762. The molecule has 1 saturated carbocycles. The minimum atomic E-state index is -0.259. The summed E-state index contributed by atoms with van der Waals surface area (Å²) in [5.74, 6) is 1.87. The van der Waals surface area contributed by atoms with Crippen LogP contribution in [0.15, 0.2) is 10.8 Å². The summed E-state index contributed by atoms with van der Waals surface area (Å²) in [6.45, 7) is 7.25. The minimum absolute atomic E-state index is 0.0535. The zero-order valence-corrected chi connectivity index (χ0v) is 17.3. The molecule has 0 aromatic carbocycles. The molecule has 3 fully saturated rings. The second-order valence-corrected chi connectivity index (χ2v) is 8.61. The summed E-state index contributed by atoms with van der Waals surface area (Å²) in [7, 11) is 0. The number of oxazole rings is 1. The van der Waals surface area contributed by atoms with Crippen molar-refractivity contribution < 1.29 is 18.7 Å². The fourth-order valence-electron chi connectivity index (χ4n) is 4.31. The first-order valence-electron chi connectivity index (χ1n) is 10.9. The number of morpholine rings is 1. The highest BCUT2D eigenvalue weighted by Crippen LogP contribution is 2.31. The Bertz CT molecular complexity index is 709. The molecule has 2 saturated heterocycles. The number of piperidine rings is 1. The Morgan fingerprint density at radius 1 is 1.21 bits per heavy atom. The maximum Gasteiger partial charge on any atom is 0.273 e. The van der Waals surface area contributed by atoms with Crippen LogP contribution in [0.2, 0.25) is 0 Å². The van der Waals surface area contributed by atoms with Crippen molar-refractivity contribution in [1.82, 2.24) is 20.1 Å². The monoisotopic (exact) mass is 404 g/mol. The van der Waals surface area contributed by atoms with Gasteiger partial charge in [0.2, 0.25) is 5.91 Å². The van der Waals surface area contributed by atoms with Crippen molar-refractivity contribution >= 4 is 11.8 Å². The van der Waals surface area contributed by atoms with Crippen molar-refractivity contribution in [3.8, 4) is 0 Å². The van der Waals surface area contributed by atoms with Crippen molar-refractivity contribution in [2.75, 3.05) is 45.9 Å². The van der Waals surface area contributed by atoms with E-state index in [0.29, 0.717) is 36.9 Å². The van der Waals surface area contributed by atoms with Crippen LogP contribution >= 0.6 is 0 Å². The standard InChI is InChI=1S/C21H32N4O4/c1-2-18-20(23-14-29-18)21(27)22-9-17-12-25(19(26)13-28-17)11-16-5-7-24(8-6-16)10-15-3-4-15/h14-17H,2-13H2,1H3,(H,22,27)/t17-/m1/s1. The summed E-state index contributed by atoms with van der Waals surface area (Å²) >= 11 is 0. The summed E-state index contributed by atoms with van der Waals surface area (Å²) in [6, 6.07) is 0. The quantitative estimate of drug-likeness (QED) is 0.703. The fourth-order valence-corrected chi connectivity index (χ4v) is 4.31. The number of aryl methyl sites for hydroxylation is 1. The van der Waals surface area contributed by atoms with Gasteiger partial charge in [-0.05, 0) is 50.6 Å². The molecule has 1 aromatic rings. The van der Waals surface area contributed by atoms with E-state index in [1.165, 1.54) is 25.8 Å². The summed E-state index contributed by atoms with van der Waals surface area (Å²) in [5.41, 5.74) is 0.328. The lowest BCUT2D eigenvalue weighted by Gasteiger charge is -2.38. The van der Waals surface area contributed by atoms with Gasteiger partial charge < -0.3 is 24.3 Å². The molecule has 0 bridgehead atoms. The predicted molar refractivity (Wildman–Crippen MR) is 106 cm³/mol. The van der Waals surface area contributed by atoms with Gasteiger partial charge in [0, 0.05) is 32.6 Å². The molecule has 3 heterocycles. The van der Waals surface area contributed by atoms with Crippen LogP contribution in [-0.2, 0) is 16.0 Å². The highest BCUT2D eigenvalue weighted by Gasteiger charge is 2.31. The van der Waals surface area contributed by atoms with Gasteiger partial charge in [0.1, 0.15) is 12.4 Å². The Kier molecular flexibility index (Phi) is 6.50. The highest BCUT2D eigenvalue weighted by molar-refractivity contribution is 5.93. The number of amides is 2. The SMILES string of the molecule is CCc1ocnc1C(=O)NC[C@@H]1CN(CC2CCN(CC3CC3)CC2)C(=O)CO1. The van der Waals surface area contributed by atoms with Gasteiger partial charge in [-0.3, -0.25) is 9.59 Å². The van der Waals surface area contributed by atoms with Crippen molar-refractivity contribution in [2.24, 2.45) is 11.8 Å². The van der Waals surface area contributed by atoms with Crippen molar-refractivity contribution in [3.63, 3.8) is 0 Å². The Balaban J connectivity index is 1.22. The Morgan fingerprint density at radius 2 is 1.97 bits per heavy atom. The van der Waals surface area contributed by atoms with Crippen LogP contribution in [0, 0.1) is 11.8 Å². The third-order valence-electron chi connectivity index (χ3n) is 6.29. The van der Waals surface area contributed by atoms with E-state index in [1.54, 1.807) is 0 Å². The van der Waals surface area contributed by atoms with E-state index in [0.717, 1.165) is 38.4 Å². The molecule has 0 spiro atoms. The molecule has 1 atom stereocenters. The number of hydrogen-bond donors (Lipinski definition) is 1. The Labute approximate surface area is 172 Å². The van der Waals surface area contributed by atoms with Gasteiger partial charge in [0.15, 0.2) is 12.1 Å². The van der Waals surface area contributed by atoms with E-state index in [9.17, 15) is 9.59 Å². The smallest absolute Gasteiger partial charge is 0.273 e. The molecule has 29 heavy (non-hydrogen) atoms. The molecular weight excluding hydrogens is 372 g/mol. The van der Waals surface area contributed by atoms with Crippen LogP contribution in [0.1, 0.15) is 48.9 Å². The third-order valence-corrected chi connectivity index (χ3v) is 6.29. The van der Waals surface area contributed by atoms with Crippen LogP contribution in [0.4, 0.5) is 0 Å². The number of likely N-dealkylation sites (tertiary alicyclic amines) is 1. The maximum atomic E-state index is 12.3. The summed E-state index contributed by atoms with van der Waals surface area (Å²) in [6.07, 6.45) is 6.83. The van der Waals surface area contributed by atoms with Crippen LogP contribution in [0.25, 0.3) is 0 Å². The minimum Gasteiger partial charge on any atom is -0.448 e. The molecule has 1 aromatic heterocycles. The number of carbonyl (C=O) groups is 2. The molecule has 2 aliphatic heterocycles. The highest BCUT2D eigenvalue weighted by atomic mass is 16.5. The average molecular weight is 405 g/mol. The van der Waals surface area contributed by atoms with Gasteiger partial charge in [-0.25, -0.2) is 4.98 Å². The number of nitrogens with one attached hydrogen (secondary N) is 1. The van der Waals surface area contributed by atoms with Gasteiger partial charge in [-0.15, -0.1) is 0 Å². The summed E-state index contributed by atoms with van der Waals surface area (Å²) in [5, 5.41) is 2.87. The normalized spacial score (nSPS) is 24.1. The van der Waals surface area contributed by atoms with Crippen LogP contribution in [-0.4, -0.2) is 78.6 Å². The van der Waals surface area contributed by atoms with E-state index in [-0.39, 0.29) is 24.5 Å². The number of carbonyl (C=O) groups excluding carboxylic acids is 2. The molecule has 3 aliphatic rings. The van der Waals surface area contributed by atoms with E-state index >= 15 is 0 Å². The van der Waals surface area contributed by atoms with Crippen LogP contribution in [0.5, 0.6) is 0 Å².